The molecule has 0 unspecified atom stereocenters. The monoisotopic (exact) mass is 563 g/mol. The number of alkyl halides is 3. The van der Waals surface area contributed by atoms with Gasteiger partial charge in [-0.15, -0.1) is 0 Å². The Morgan fingerprint density at radius 1 is 0.974 bits per heavy atom. The summed E-state index contributed by atoms with van der Waals surface area (Å²) in [6, 6.07) is 21.1. The molecule has 1 heterocycles. The second kappa shape index (κ2) is 13.5. The van der Waals surface area contributed by atoms with Crippen molar-refractivity contribution in [1.82, 2.24) is 9.80 Å². The number of carbonyl (C=O) groups is 2. The molecular formula is C28H29ClF3N3O4. The largest absolute Gasteiger partial charge is 0.496 e. The zero-order valence-corrected chi connectivity index (χ0v) is 22.2. The van der Waals surface area contributed by atoms with E-state index < -0.39 is 12.1 Å². The van der Waals surface area contributed by atoms with Crippen LogP contribution in [-0.2, 0) is 11.3 Å². The number of benzene rings is 3. The van der Waals surface area contributed by atoms with Gasteiger partial charge in [0.2, 0.25) is 0 Å². The van der Waals surface area contributed by atoms with Gasteiger partial charge in [0.05, 0.1) is 7.11 Å². The molecule has 0 bridgehead atoms. The lowest BCUT2D eigenvalue weighted by Crippen LogP contribution is -2.43. The summed E-state index contributed by atoms with van der Waals surface area (Å²) >= 11 is 5.99. The van der Waals surface area contributed by atoms with E-state index in [1.165, 1.54) is 5.56 Å². The van der Waals surface area contributed by atoms with Crippen molar-refractivity contribution >= 4 is 29.2 Å². The van der Waals surface area contributed by atoms with E-state index in [4.69, 9.17) is 26.2 Å². The molecule has 1 aliphatic rings. The second-order valence-corrected chi connectivity index (χ2v) is 9.39. The number of rotatable bonds is 6. The van der Waals surface area contributed by atoms with Gasteiger partial charge in [-0.25, -0.2) is 4.79 Å². The van der Waals surface area contributed by atoms with Crippen molar-refractivity contribution in [3.05, 3.63) is 82.9 Å². The number of halogens is 4. The summed E-state index contributed by atoms with van der Waals surface area (Å²) in [5.41, 5.74) is 4.68. The minimum absolute atomic E-state index is 0.181. The third kappa shape index (κ3) is 8.98. The van der Waals surface area contributed by atoms with E-state index in [1.54, 1.807) is 31.4 Å². The quantitative estimate of drug-likeness (QED) is 0.403. The number of anilines is 1. The van der Waals surface area contributed by atoms with Gasteiger partial charge >= 0.3 is 12.1 Å². The van der Waals surface area contributed by atoms with Crippen LogP contribution in [0.25, 0.3) is 11.1 Å². The van der Waals surface area contributed by atoms with Crippen LogP contribution in [0.5, 0.6) is 5.75 Å². The highest BCUT2D eigenvalue weighted by atomic mass is 35.5. The molecule has 39 heavy (non-hydrogen) atoms. The molecule has 4 rings (SSSR count). The summed E-state index contributed by atoms with van der Waals surface area (Å²) in [5.74, 6) is -2.02. The molecule has 1 fully saturated rings. The molecule has 0 saturated carbocycles. The van der Waals surface area contributed by atoms with Gasteiger partial charge in [0, 0.05) is 54.6 Å². The maximum absolute atomic E-state index is 12.5. The lowest BCUT2D eigenvalue weighted by atomic mass is 10.0. The van der Waals surface area contributed by atoms with Crippen LogP contribution in [0.15, 0.2) is 66.7 Å². The highest BCUT2D eigenvalue weighted by molar-refractivity contribution is 6.31. The molecule has 1 saturated heterocycles. The van der Waals surface area contributed by atoms with Crippen LogP contribution in [0, 0.1) is 0 Å². The Kier molecular flexibility index (Phi) is 10.3. The fourth-order valence-electron chi connectivity index (χ4n) is 3.91. The van der Waals surface area contributed by atoms with Gasteiger partial charge in [-0.05, 0) is 60.6 Å². The minimum atomic E-state index is -5.08. The highest BCUT2D eigenvalue weighted by Crippen LogP contribution is 2.29. The van der Waals surface area contributed by atoms with Crippen molar-refractivity contribution in [2.45, 2.75) is 12.7 Å². The molecule has 0 radical (unpaired) electrons. The van der Waals surface area contributed by atoms with Crippen LogP contribution in [0.3, 0.4) is 0 Å². The number of carboxylic acid groups (broad SMARTS) is 1. The lowest BCUT2D eigenvalue weighted by Gasteiger charge is -2.32. The summed E-state index contributed by atoms with van der Waals surface area (Å²) in [4.78, 5) is 26.2. The fourth-order valence-corrected chi connectivity index (χ4v) is 4.10. The Balaban J connectivity index is 0.000000532. The normalized spacial score (nSPS) is 14.2. The average Bonchev–Trinajstić information content (AvgIpc) is 2.90. The van der Waals surface area contributed by atoms with E-state index >= 15 is 0 Å². The predicted molar refractivity (Wildman–Crippen MR) is 144 cm³/mol. The standard InChI is InChI=1S/C26H28ClN3O2.C2HF3O2/c1-29-12-14-30(15-13-29)18-22-16-20(8-11-25(22)32-2)19-6-9-24(10-7-19)28-26(31)21-4-3-5-23(27)17-21;3-2(4,5)1(6)7/h3-11,16-17H,12-15,18H2,1-2H3,(H,28,31);(H,6,7). The molecule has 0 atom stereocenters. The lowest BCUT2D eigenvalue weighted by molar-refractivity contribution is -0.192. The molecule has 208 valence electrons. The molecule has 11 heteroatoms. The number of hydrogen-bond acceptors (Lipinski definition) is 5. The van der Waals surface area contributed by atoms with Crippen LogP contribution in [0.2, 0.25) is 5.02 Å². The summed E-state index contributed by atoms with van der Waals surface area (Å²) < 4.78 is 37.4. The first-order valence-electron chi connectivity index (χ1n) is 12.0. The van der Waals surface area contributed by atoms with Crippen molar-refractivity contribution in [3.8, 4) is 16.9 Å². The molecular weight excluding hydrogens is 535 g/mol. The maximum atomic E-state index is 12.5. The van der Waals surface area contributed by atoms with Crippen molar-refractivity contribution < 1.29 is 32.6 Å². The fraction of sp³-hybridized carbons (Fsp3) is 0.286. The van der Waals surface area contributed by atoms with Crippen LogP contribution >= 0.6 is 11.6 Å². The summed E-state index contributed by atoms with van der Waals surface area (Å²) in [7, 11) is 3.89. The smallest absolute Gasteiger partial charge is 0.490 e. The number of hydrogen-bond donors (Lipinski definition) is 2. The van der Waals surface area contributed by atoms with Gasteiger partial charge in [-0.2, -0.15) is 13.2 Å². The van der Waals surface area contributed by atoms with Gasteiger partial charge in [-0.3, -0.25) is 9.69 Å². The topological polar surface area (TPSA) is 82.1 Å². The van der Waals surface area contributed by atoms with Gasteiger partial charge in [0.15, 0.2) is 0 Å². The number of aliphatic carboxylic acids is 1. The van der Waals surface area contributed by atoms with Gasteiger partial charge in [-0.1, -0.05) is 35.9 Å². The Morgan fingerprint density at radius 2 is 1.59 bits per heavy atom. The van der Waals surface area contributed by atoms with E-state index in [1.807, 2.05) is 30.3 Å². The molecule has 2 N–H and O–H groups in total. The first-order valence-corrected chi connectivity index (χ1v) is 12.4. The van der Waals surface area contributed by atoms with Gasteiger partial charge in [0.1, 0.15) is 5.75 Å². The summed E-state index contributed by atoms with van der Waals surface area (Å²) in [5, 5.41) is 10.6. The van der Waals surface area contributed by atoms with E-state index in [-0.39, 0.29) is 5.91 Å². The molecule has 3 aromatic carbocycles. The molecule has 0 aliphatic carbocycles. The van der Waals surface area contributed by atoms with Crippen LogP contribution < -0.4 is 10.1 Å². The van der Waals surface area contributed by atoms with E-state index in [2.05, 4.69) is 34.3 Å². The zero-order chi connectivity index (χ0) is 28.6. The molecule has 3 aromatic rings. The number of nitrogens with zero attached hydrogens (tertiary/aromatic N) is 2. The Labute approximate surface area is 229 Å². The molecule has 0 aromatic heterocycles. The Hall–Kier alpha value is -3.60. The first kappa shape index (κ1) is 29.9. The van der Waals surface area contributed by atoms with Gasteiger partial charge in [0.25, 0.3) is 5.91 Å². The highest BCUT2D eigenvalue weighted by Gasteiger charge is 2.38. The number of carbonyl (C=O) groups excluding carboxylic acids is 1. The van der Waals surface area contributed by atoms with Crippen molar-refractivity contribution in [2.75, 3.05) is 45.7 Å². The molecule has 1 amide bonds. The summed E-state index contributed by atoms with van der Waals surface area (Å²) in [6.45, 7) is 5.17. The number of amides is 1. The van der Waals surface area contributed by atoms with Gasteiger partial charge < -0.3 is 20.1 Å². The number of nitrogens with one attached hydrogen (secondary N) is 1. The van der Waals surface area contributed by atoms with Crippen LogP contribution in [-0.4, -0.2) is 73.3 Å². The van der Waals surface area contributed by atoms with E-state index in [9.17, 15) is 18.0 Å². The predicted octanol–water partition coefficient (Wildman–Crippen LogP) is 5.65. The molecule has 7 nitrogen and oxygen atoms in total. The Bertz CT molecular complexity index is 1280. The van der Waals surface area contributed by atoms with Crippen molar-refractivity contribution in [3.63, 3.8) is 0 Å². The third-order valence-corrected chi connectivity index (χ3v) is 6.31. The number of methoxy groups -OCH3 is 1. The number of likely N-dealkylation sites (N-methyl/N-ethyl adjacent to an activating group) is 1. The van der Waals surface area contributed by atoms with E-state index in [0.29, 0.717) is 10.6 Å². The van der Waals surface area contributed by atoms with E-state index in [0.717, 1.165) is 55.3 Å². The number of carboxylic acids is 1. The average molecular weight is 564 g/mol. The van der Waals surface area contributed by atoms with Crippen LogP contribution in [0.1, 0.15) is 15.9 Å². The third-order valence-electron chi connectivity index (χ3n) is 6.08. The number of piperazine rings is 1. The maximum Gasteiger partial charge on any atom is 0.490 e. The summed E-state index contributed by atoms with van der Waals surface area (Å²) in [6.07, 6.45) is -5.08. The first-order chi connectivity index (χ1) is 18.5. The number of ether oxygens (including phenoxy) is 1. The SMILES string of the molecule is COc1ccc(-c2ccc(NC(=O)c3cccc(Cl)c3)cc2)cc1CN1CCN(C)CC1.O=C(O)C(F)(F)F. The van der Waals surface area contributed by atoms with Crippen molar-refractivity contribution in [2.24, 2.45) is 0 Å². The Morgan fingerprint density at radius 3 is 2.15 bits per heavy atom. The zero-order valence-electron chi connectivity index (χ0n) is 21.5. The second-order valence-electron chi connectivity index (χ2n) is 8.95. The van der Waals surface area contributed by atoms with Crippen LogP contribution in [0.4, 0.5) is 18.9 Å². The van der Waals surface area contributed by atoms with Crippen molar-refractivity contribution in [1.29, 1.82) is 0 Å². The minimum Gasteiger partial charge on any atom is -0.496 e. The molecule has 1 aliphatic heterocycles. The molecule has 0 spiro atoms.